The molecule has 5 heteroatoms. The first-order chi connectivity index (χ1) is 9.98. The number of alkyl halides is 1. The number of fused-ring (bicyclic) bond motifs is 1. The molecule has 3 nitrogen and oxygen atoms in total. The van der Waals surface area contributed by atoms with E-state index < -0.39 is 0 Å². The van der Waals surface area contributed by atoms with Gasteiger partial charge in [0, 0.05) is 18.1 Å². The number of rotatable bonds is 3. The van der Waals surface area contributed by atoms with Crippen molar-refractivity contribution in [3.63, 3.8) is 0 Å². The second-order valence-electron chi connectivity index (χ2n) is 5.60. The highest BCUT2D eigenvalue weighted by Gasteiger charge is 2.32. The molecule has 0 saturated carbocycles. The Morgan fingerprint density at radius 1 is 1.29 bits per heavy atom. The van der Waals surface area contributed by atoms with Gasteiger partial charge in [-0.3, -0.25) is 0 Å². The summed E-state index contributed by atoms with van der Waals surface area (Å²) in [6.45, 7) is 4.12. The van der Waals surface area contributed by atoms with E-state index in [2.05, 4.69) is 24.9 Å². The summed E-state index contributed by atoms with van der Waals surface area (Å²) in [6.07, 6.45) is 0.862. The van der Waals surface area contributed by atoms with Gasteiger partial charge in [-0.1, -0.05) is 23.7 Å². The van der Waals surface area contributed by atoms with Gasteiger partial charge in [0.2, 0.25) is 5.88 Å². The third kappa shape index (κ3) is 2.94. The molecule has 0 unspecified atom stereocenters. The third-order valence-corrected chi connectivity index (χ3v) is 3.89. The molecule has 0 amide bonds. The number of para-hydroxylation sites is 1. The van der Waals surface area contributed by atoms with Gasteiger partial charge in [-0.25, -0.2) is 4.98 Å². The van der Waals surface area contributed by atoms with Crippen molar-refractivity contribution in [2.24, 2.45) is 0 Å². The average Bonchev–Trinajstić information content (AvgIpc) is 2.76. The molecule has 0 saturated heterocycles. The summed E-state index contributed by atoms with van der Waals surface area (Å²) in [5.74, 6) is 2.14. The lowest BCUT2D eigenvalue weighted by Crippen LogP contribution is -2.24. The molecule has 0 atom stereocenters. The van der Waals surface area contributed by atoms with E-state index in [1.54, 1.807) is 12.1 Å². The lowest BCUT2D eigenvalue weighted by molar-refractivity contribution is 0.135. The zero-order chi connectivity index (χ0) is 15.0. The maximum absolute atomic E-state index is 6.00. The van der Waals surface area contributed by atoms with Crippen LogP contribution in [0.3, 0.4) is 0 Å². The Bertz CT molecular complexity index is 686. The summed E-state index contributed by atoms with van der Waals surface area (Å²) < 4.78 is 11.8. The van der Waals surface area contributed by atoms with Crippen LogP contribution < -0.4 is 9.47 Å². The molecule has 2 aromatic rings. The minimum atomic E-state index is -0.212. The van der Waals surface area contributed by atoms with E-state index in [1.807, 2.05) is 12.1 Å². The number of halogens is 2. The predicted molar refractivity (Wildman–Crippen MR) is 83.7 cm³/mol. The maximum Gasteiger partial charge on any atom is 0.219 e. The van der Waals surface area contributed by atoms with Gasteiger partial charge in [-0.05, 0) is 26.0 Å². The van der Waals surface area contributed by atoms with Gasteiger partial charge >= 0.3 is 0 Å². The minimum absolute atomic E-state index is 0.212. The van der Waals surface area contributed by atoms with E-state index in [0.29, 0.717) is 22.3 Å². The molecule has 1 aliphatic rings. The number of hydrogen-bond donors (Lipinski definition) is 0. The topological polar surface area (TPSA) is 31.4 Å². The van der Waals surface area contributed by atoms with Crippen LogP contribution in [0.5, 0.6) is 17.4 Å². The lowest BCUT2D eigenvalue weighted by atomic mass is 10.0. The van der Waals surface area contributed by atoms with Crippen LogP contribution >= 0.6 is 23.2 Å². The standard InChI is InChI=1S/C16H15Cl2NO2/c1-16(2)8-10-4-3-5-13(15(10)21-16)20-14-7-6-11(18)12(9-17)19-14/h3-7H,8-9H2,1-2H3. The fraction of sp³-hybridized carbons (Fsp3) is 0.312. The normalized spacial score (nSPS) is 15.4. The largest absolute Gasteiger partial charge is 0.483 e. The van der Waals surface area contributed by atoms with Crippen LogP contribution in [-0.4, -0.2) is 10.6 Å². The van der Waals surface area contributed by atoms with Crippen molar-refractivity contribution in [3.05, 3.63) is 46.6 Å². The number of hydrogen-bond acceptors (Lipinski definition) is 3. The molecule has 0 N–H and O–H groups in total. The SMILES string of the molecule is CC1(C)Cc2cccc(Oc3ccc(Cl)c(CCl)n3)c2O1. The van der Waals surface area contributed by atoms with Crippen LogP contribution in [0.2, 0.25) is 5.02 Å². The molecule has 21 heavy (non-hydrogen) atoms. The van der Waals surface area contributed by atoms with Crippen molar-refractivity contribution < 1.29 is 9.47 Å². The zero-order valence-corrected chi connectivity index (χ0v) is 13.3. The molecule has 0 radical (unpaired) electrons. The van der Waals surface area contributed by atoms with Crippen molar-refractivity contribution >= 4 is 23.2 Å². The Balaban J connectivity index is 1.92. The monoisotopic (exact) mass is 323 g/mol. The van der Waals surface area contributed by atoms with E-state index in [-0.39, 0.29) is 11.5 Å². The Kier molecular flexibility index (Phi) is 3.72. The van der Waals surface area contributed by atoms with Crippen molar-refractivity contribution in [2.75, 3.05) is 0 Å². The summed E-state index contributed by atoms with van der Waals surface area (Å²) in [4.78, 5) is 4.31. The second kappa shape index (κ2) is 5.39. The predicted octanol–water partition coefficient (Wildman–Crippen LogP) is 4.98. The van der Waals surface area contributed by atoms with Gasteiger partial charge in [0.15, 0.2) is 11.5 Å². The van der Waals surface area contributed by atoms with Gasteiger partial charge in [0.05, 0.1) is 16.6 Å². The fourth-order valence-electron chi connectivity index (χ4n) is 2.40. The Morgan fingerprint density at radius 2 is 2.10 bits per heavy atom. The third-order valence-electron chi connectivity index (χ3n) is 3.29. The smallest absolute Gasteiger partial charge is 0.219 e. The van der Waals surface area contributed by atoms with Gasteiger partial charge in [-0.15, -0.1) is 11.6 Å². The molecule has 0 spiro atoms. The van der Waals surface area contributed by atoms with Crippen LogP contribution in [0.1, 0.15) is 25.1 Å². The Morgan fingerprint density at radius 3 is 2.86 bits per heavy atom. The van der Waals surface area contributed by atoms with E-state index in [1.165, 1.54) is 0 Å². The molecule has 1 aliphatic heterocycles. The van der Waals surface area contributed by atoms with Crippen LogP contribution in [0, 0.1) is 0 Å². The number of nitrogens with zero attached hydrogens (tertiary/aromatic N) is 1. The van der Waals surface area contributed by atoms with Gasteiger partial charge in [0.1, 0.15) is 5.60 Å². The molecule has 110 valence electrons. The minimum Gasteiger partial charge on any atom is -0.483 e. The second-order valence-corrected chi connectivity index (χ2v) is 6.27. The number of aromatic nitrogens is 1. The maximum atomic E-state index is 6.00. The van der Waals surface area contributed by atoms with Gasteiger partial charge in [0.25, 0.3) is 0 Å². The van der Waals surface area contributed by atoms with Gasteiger partial charge in [-0.2, -0.15) is 0 Å². The van der Waals surface area contributed by atoms with Crippen molar-refractivity contribution in [2.45, 2.75) is 31.7 Å². The number of ether oxygens (including phenoxy) is 2. The first kappa shape index (κ1) is 14.5. The Labute approximate surface area is 133 Å². The highest BCUT2D eigenvalue weighted by molar-refractivity contribution is 6.32. The zero-order valence-electron chi connectivity index (χ0n) is 11.8. The molecule has 1 aromatic heterocycles. The van der Waals surface area contributed by atoms with Crippen LogP contribution in [0.4, 0.5) is 0 Å². The van der Waals surface area contributed by atoms with Crippen LogP contribution in [-0.2, 0) is 12.3 Å². The van der Waals surface area contributed by atoms with Crippen molar-refractivity contribution in [1.29, 1.82) is 0 Å². The van der Waals surface area contributed by atoms with Crippen molar-refractivity contribution in [3.8, 4) is 17.4 Å². The lowest BCUT2D eigenvalue weighted by Gasteiger charge is -2.18. The van der Waals surface area contributed by atoms with Crippen LogP contribution in [0.25, 0.3) is 0 Å². The number of benzene rings is 1. The van der Waals surface area contributed by atoms with Crippen molar-refractivity contribution in [1.82, 2.24) is 4.98 Å². The van der Waals surface area contributed by atoms with Crippen LogP contribution in [0.15, 0.2) is 30.3 Å². The van der Waals surface area contributed by atoms with E-state index in [9.17, 15) is 0 Å². The van der Waals surface area contributed by atoms with Gasteiger partial charge < -0.3 is 9.47 Å². The highest BCUT2D eigenvalue weighted by atomic mass is 35.5. The summed E-state index contributed by atoms with van der Waals surface area (Å²) in [5, 5.41) is 0.535. The summed E-state index contributed by atoms with van der Waals surface area (Å²) in [7, 11) is 0. The summed E-state index contributed by atoms with van der Waals surface area (Å²) in [5.41, 5.74) is 1.53. The first-order valence-corrected chi connectivity index (χ1v) is 7.60. The van der Waals surface area contributed by atoms with E-state index in [4.69, 9.17) is 32.7 Å². The summed E-state index contributed by atoms with van der Waals surface area (Å²) in [6, 6.07) is 9.33. The molecule has 3 rings (SSSR count). The number of pyridine rings is 1. The fourth-order valence-corrected chi connectivity index (χ4v) is 2.84. The molecule has 2 heterocycles. The molecule has 1 aromatic carbocycles. The highest BCUT2D eigenvalue weighted by Crippen LogP contribution is 2.43. The van der Waals surface area contributed by atoms with E-state index >= 15 is 0 Å². The Hall–Kier alpha value is -1.45. The molecule has 0 aliphatic carbocycles. The average molecular weight is 324 g/mol. The molecular formula is C16H15Cl2NO2. The molecular weight excluding hydrogens is 309 g/mol. The quantitative estimate of drug-likeness (QED) is 0.746. The van der Waals surface area contributed by atoms with E-state index in [0.717, 1.165) is 17.7 Å². The molecule has 0 fully saturated rings. The summed E-state index contributed by atoms with van der Waals surface area (Å²) >= 11 is 11.8. The first-order valence-electron chi connectivity index (χ1n) is 6.69. The molecule has 0 bridgehead atoms.